The second-order valence-electron chi connectivity index (χ2n) is 3.55. The van der Waals surface area contributed by atoms with Gasteiger partial charge in [-0.2, -0.15) is 0 Å². The summed E-state index contributed by atoms with van der Waals surface area (Å²) in [6.07, 6.45) is 0. The Morgan fingerprint density at radius 3 is 2.22 bits per heavy atom. The number of nitrogens with two attached hydrogens (primary N) is 1. The first-order chi connectivity index (χ1) is 8.40. The van der Waals surface area contributed by atoms with Gasteiger partial charge in [0.05, 0.1) is 18.1 Å². The minimum atomic E-state index is -0.718. The minimum Gasteiger partial charge on any atom is -0.320 e. The summed E-state index contributed by atoms with van der Waals surface area (Å²) in [4.78, 5) is 0. The topological polar surface area (TPSA) is 26.0 Å². The van der Waals surface area contributed by atoms with Crippen molar-refractivity contribution in [3.8, 4) is 0 Å². The van der Waals surface area contributed by atoms with Gasteiger partial charge in [-0.05, 0) is 71.6 Å². The van der Waals surface area contributed by atoms with E-state index < -0.39 is 17.7 Å². The van der Waals surface area contributed by atoms with Gasteiger partial charge in [0.2, 0.25) is 0 Å². The lowest BCUT2D eigenvalue weighted by Crippen LogP contribution is -2.13. The van der Waals surface area contributed by atoms with Gasteiger partial charge in [-0.25, -0.2) is 8.78 Å². The molecular formula is C11H6Br3F2NS. The molecule has 1 aromatic carbocycles. The van der Waals surface area contributed by atoms with Crippen molar-refractivity contribution in [1.82, 2.24) is 0 Å². The molecule has 2 aromatic rings. The van der Waals surface area contributed by atoms with Crippen molar-refractivity contribution in [1.29, 1.82) is 0 Å². The minimum absolute atomic E-state index is 0.0847. The Kier molecular flexibility index (Phi) is 4.59. The van der Waals surface area contributed by atoms with Crippen molar-refractivity contribution in [2.75, 3.05) is 0 Å². The van der Waals surface area contributed by atoms with Gasteiger partial charge < -0.3 is 5.73 Å². The highest BCUT2D eigenvalue weighted by atomic mass is 79.9. The Balaban J connectivity index is 2.49. The number of rotatable bonds is 2. The predicted octanol–water partition coefficient (Wildman–Crippen LogP) is 5.36. The van der Waals surface area contributed by atoms with Crippen molar-refractivity contribution < 1.29 is 8.78 Å². The molecule has 18 heavy (non-hydrogen) atoms. The molecule has 0 bridgehead atoms. The Labute approximate surface area is 132 Å². The third-order valence-corrected chi connectivity index (χ3v) is 5.39. The molecule has 0 aliphatic carbocycles. The van der Waals surface area contributed by atoms with Gasteiger partial charge in [0, 0.05) is 5.56 Å². The quantitative estimate of drug-likeness (QED) is 0.598. The average Bonchev–Trinajstić information content (AvgIpc) is 2.62. The molecule has 1 aromatic heterocycles. The molecule has 0 fully saturated rings. The summed E-state index contributed by atoms with van der Waals surface area (Å²) in [5.41, 5.74) is 6.83. The van der Waals surface area contributed by atoms with E-state index in [1.165, 1.54) is 11.3 Å². The van der Waals surface area contributed by atoms with Gasteiger partial charge in [0.15, 0.2) is 0 Å². The summed E-state index contributed by atoms with van der Waals surface area (Å²) < 4.78 is 29.0. The van der Waals surface area contributed by atoms with Gasteiger partial charge in [-0.15, -0.1) is 11.3 Å². The molecule has 2 rings (SSSR count). The number of halogens is 5. The van der Waals surface area contributed by atoms with Gasteiger partial charge in [-0.3, -0.25) is 0 Å². The molecule has 0 aliphatic heterocycles. The smallest absolute Gasteiger partial charge is 0.137 e. The van der Waals surface area contributed by atoms with Crippen LogP contribution in [0.15, 0.2) is 30.2 Å². The van der Waals surface area contributed by atoms with E-state index in [0.29, 0.717) is 5.56 Å². The molecule has 0 spiro atoms. The molecule has 1 unspecified atom stereocenters. The molecule has 1 heterocycles. The molecular weight excluding hydrogens is 456 g/mol. The van der Waals surface area contributed by atoms with Crippen LogP contribution in [0.25, 0.3) is 0 Å². The number of hydrogen-bond donors (Lipinski definition) is 1. The third-order valence-electron chi connectivity index (χ3n) is 2.39. The van der Waals surface area contributed by atoms with Crippen LogP contribution in [0.5, 0.6) is 0 Å². The fourth-order valence-corrected chi connectivity index (χ4v) is 4.75. The maximum absolute atomic E-state index is 13.8. The van der Waals surface area contributed by atoms with Crippen molar-refractivity contribution >= 4 is 59.1 Å². The van der Waals surface area contributed by atoms with Gasteiger partial charge >= 0.3 is 0 Å². The maximum Gasteiger partial charge on any atom is 0.137 e. The van der Waals surface area contributed by atoms with E-state index in [1.54, 1.807) is 6.07 Å². The standard InChI is InChI=1S/C11H6Br3F2NS/c12-6-3-7(15)4(1-8(6)16)10(17)5-2-9(13)18-11(5)14/h1-3,10H,17H2. The van der Waals surface area contributed by atoms with Crippen LogP contribution in [0.1, 0.15) is 17.2 Å². The van der Waals surface area contributed by atoms with Crippen LogP contribution < -0.4 is 5.73 Å². The second-order valence-corrected chi connectivity index (χ2v) is 8.15. The van der Waals surface area contributed by atoms with E-state index in [2.05, 4.69) is 47.8 Å². The van der Waals surface area contributed by atoms with Crippen LogP contribution >= 0.6 is 59.1 Å². The highest BCUT2D eigenvalue weighted by molar-refractivity contribution is 9.12. The van der Waals surface area contributed by atoms with E-state index in [-0.39, 0.29) is 10.0 Å². The van der Waals surface area contributed by atoms with Gasteiger partial charge in [-0.1, -0.05) is 0 Å². The SMILES string of the molecule is NC(c1cc(F)c(Br)cc1F)c1cc(Br)sc1Br. The Bertz CT molecular complexity index is 600. The zero-order valence-electron chi connectivity index (χ0n) is 8.68. The van der Waals surface area contributed by atoms with E-state index in [1.807, 2.05) is 0 Å². The van der Waals surface area contributed by atoms with E-state index >= 15 is 0 Å². The Hall–Kier alpha value is 0.180. The normalized spacial score (nSPS) is 12.8. The Morgan fingerprint density at radius 2 is 1.67 bits per heavy atom. The predicted molar refractivity (Wildman–Crippen MR) is 79.8 cm³/mol. The summed E-state index contributed by atoms with van der Waals surface area (Å²) in [5, 5.41) is 0. The van der Waals surface area contributed by atoms with Crippen molar-refractivity contribution in [2.45, 2.75) is 6.04 Å². The molecule has 2 N–H and O–H groups in total. The summed E-state index contributed by atoms with van der Waals surface area (Å²) in [5.74, 6) is -1.07. The largest absolute Gasteiger partial charge is 0.320 e. The fourth-order valence-electron chi connectivity index (χ4n) is 1.51. The summed E-state index contributed by atoms with van der Waals surface area (Å²) >= 11 is 11.0. The van der Waals surface area contributed by atoms with E-state index in [0.717, 1.165) is 19.7 Å². The van der Waals surface area contributed by atoms with E-state index in [4.69, 9.17) is 5.73 Å². The van der Waals surface area contributed by atoms with Crippen LogP contribution in [0.2, 0.25) is 0 Å². The van der Waals surface area contributed by atoms with Crippen LogP contribution in [0.3, 0.4) is 0 Å². The van der Waals surface area contributed by atoms with Crippen molar-refractivity contribution in [2.24, 2.45) is 5.73 Å². The van der Waals surface area contributed by atoms with Crippen LogP contribution in [0, 0.1) is 11.6 Å². The second kappa shape index (κ2) is 5.66. The van der Waals surface area contributed by atoms with Crippen molar-refractivity contribution in [3.05, 3.63) is 53.0 Å². The highest BCUT2D eigenvalue weighted by Crippen LogP contribution is 2.38. The van der Waals surface area contributed by atoms with Crippen LogP contribution in [-0.2, 0) is 0 Å². The average molecular weight is 462 g/mol. The fraction of sp³-hybridized carbons (Fsp3) is 0.0909. The van der Waals surface area contributed by atoms with E-state index in [9.17, 15) is 8.78 Å². The molecule has 0 radical (unpaired) electrons. The molecule has 0 saturated carbocycles. The molecule has 7 heteroatoms. The lowest BCUT2D eigenvalue weighted by molar-refractivity contribution is 0.572. The number of hydrogen-bond acceptors (Lipinski definition) is 2. The number of thiophene rings is 1. The monoisotopic (exact) mass is 459 g/mol. The zero-order valence-corrected chi connectivity index (χ0v) is 14.3. The van der Waals surface area contributed by atoms with Gasteiger partial charge in [0.1, 0.15) is 11.6 Å². The Morgan fingerprint density at radius 1 is 1.00 bits per heavy atom. The lowest BCUT2D eigenvalue weighted by Gasteiger charge is -2.13. The first-order valence-electron chi connectivity index (χ1n) is 4.75. The third kappa shape index (κ3) is 2.85. The molecule has 0 saturated heterocycles. The first-order valence-corrected chi connectivity index (χ1v) is 7.94. The zero-order chi connectivity index (χ0) is 13.4. The first kappa shape index (κ1) is 14.6. The van der Waals surface area contributed by atoms with Crippen LogP contribution in [-0.4, -0.2) is 0 Å². The number of benzene rings is 1. The maximum atomic E-state index is 13.8. The molecule has 0 aliphatic rings. The summed E-state index contributed by atoms with van der Waals surface area (Å²) in [6.45, 7) is 0. The molecule has 96 valence electrons. The molecule has 1 nitrogen and oxygen atoms in total. The highest BCUT2D eigenvalue weighted by Gasteiger charge is 2.20. The summed E-state index contributed by atoms with van der Waals surface area (Å²) in [7, 11) is 0. The summed E-state index contributed by atoms with van der Waals surface area (Å²) in [6, 6.07) is 3.27. The van der Waals surface area contributed by atoms with Gasteiger partial charge in [0.25, 0.3) is 0 Å². The molecule has 1 atom stereocenters. The van der Waals surface area contributed by atoms with Crippen LogP contribution in [0.4, 0.5) is 8.78 Å². The molecule has 0 amide bonds. The van der Waals surface area contributed by atoms with Crippen molar-refractivity contribution in [3.63, 3.8) is 0 Å². The lowest BCUT2D eigenvalue weighted by atomic mass is 10.0.